The Bertz CT molecular complexity index is 310. The zero-order chi connectivity index (χ0) is 13.2. The van der Waals surface area contributed by atoms with Crippen molar-refractivity contribution < 1.29 is 0 Å². The predicted octanol–water partition coefficient (Wildman–Crippen LogP) is 2.60. The fraction of sp³-hybridized carbons (Fsp3) is 0.714. The van der Waals surface area contributed by atoms with Crippen molar-refractivity contribution in [3.8, 4) is 0 Å². The Labute approximate surface area is 111 Å². The van der Waals surface area contributed by atoms with Gasteiger partial charge in [-0.25, -0.2) is 0 Å². The Morgan fingerprint density at radius 2 is 1.94 bits per heavy atom. The Kier molecular flexibility index (Phi) is 7.34. The average Bonchev–Trinajstić information content (AvgIpc) is 2.41. The van der Waals surface area contributed by atoms with Gasteiger partial charge in [0.15, 0.2) is 5.82 Å². The van der Waals surface area contributed by atoms with E-state index >= 15 is 0 Å². The molecule has 0 aliphatic rings. The summed E-state index contributed by atoms with van der Waals surface area (Å²) in [6.07, 6.45) is 3.56. The van der Waals surface area contributed by atoms with Crippen LogP contribution in [0, 0.1) is 0 Å². The molecule has 0 amide bonds. The number of unbranched alkanes of at least 4 members (excludes halogenated alkanes) is 1. The van der Waals surface area contributed by atoms with Gasteiger partial charge >= 0.3 is 0 Å². The van der Waals surface area contributed by atoms with Gasteiger partial charge in [0.2, 0.25) is 0 Å². The quantitative estimate of drug-likeness (QED) is 0.684. The number of hydrogen-bond donors (Lipinski definition) is 1. The van der Waals surface area contributed by atoms with Gasteiger partial charge in [-0.15, -0.1) is 5.10 Å². The van der Waals surface area contributed by atoms with Crippen molar-refractivity contribution in [2.75, 3.05) is 24.5 Å². The van der Waals surface area contributed by atoms with Crippen LogP contribution < -0.4 is 10.2 Å². The second kappa shape index (κ2) is 8.86. The standard InChI is InChI=1S/C14H26N4/c1-4-7-11-18(6-3)14-9-8-13(16-17-14)12-15-10-5-2/h8-9,15H,4-7,10-12H2,1-3H3. The maximum absolute atomic E-state index is 4.32. The molecule has 0 aromatic carbocycles. The molecule has 1 aromatic rings. The third kappa shape index (κ3) is 5.00. The molecule has 0 bridgehead atoms. The normalized spacial score (nSPS) is 10.6. The Morgan fingerprint density at radius 1 is 1.11 bits per heavy atom. The summed E-state index contributed by atoms with van der Waals surface area (Å²) in [6.45, 7) is 10.4. The van der Waals surface area contributed by atoms with Crippen molar-refractivity contribution in [1.29, 1.82) is 0 Å². The van der Waals surface area contributed by atoms with E-state index < -0.39 is 0 Å². The van der Waals surface area contributed by atoms with Gasteiger partial charge in [-0.3, -0.25) is 0 Å². The third-order valence-electron chi connectivity index (χ3n) is 2.93. The maximum Gasteiger partial charge on any atom is 0.151 e. The number of rotatable bonds is 9. The first-order chi connectivity index (χ1) is 8.81. The van der Waals surface area contributed by atoms with Crippen LogP contribution in [0.4, 0.5) is 5.82 Å². The van der Waals surface area contributed by atoms with Crippen molar-refractivity contribution in [3.63, 3.8) is 0 Å². The van der Waals surface area contributed by atoms with E-state index in [2.05, 4.69) is 53.3 Å². The second-order valence-electron chi connectivity index (χ2n) is 4.49. The summed E-state index contributed by atoms with van der Waals surface area (Å²) in [5.41, 5.74) is 1.01. The molecule has 1 heterocycles. The monoisotopic (exact) mass is 250 g/mol. The minimum absolute atomic E-state index is 0.808. The highest BCUT2D eigenvalue weighted by molar-refractivity contribution is 5.36. The van der Waals surface area contributed by atoms with Crippen molar-refractivity contribution in [3.05, 3.63) is 17.8 Å². The molecule has 1 aromatic heterocycles. The van der Waals surface area contributed by atoms with Crippen LogP contribution >= 0.6 is 0 Å². The van der Waals surface area contributed by atoms with Crippen LogP contribution in [0.15, 0.2) is 12.1 Å². The molecule has 0 atom stereocenters. The summed E-state index contributed by atoms with van der Waals surface area (Å²) < 4.78 is 0. The van der Waals surface area contributed by atoms with E-state index in [-0.39, 0.29) is 0 Å². The lowest BCUT2D eigenvalue weighted by molar-refractivity contribution is 0.653. The molecule has 0 aliphatic heterocycles. The van der Waals surface area contributed by atoms with Crippen LogP contribution in [0.1, 0.15) is 45.7 Å². The SMILES string of the molecule is CCCCN(CC)c1ccc(CNCCC)nn1. The van der Waals surface area contributed by atoms with Crippen molar-refractivity contribution in [1.82, 2.24) is 15.5 Å². The average molecular weight is 250 g/mol. The molecule has 0 spiro atoms. The smallest absolute Gasteiger partial charge is 0.151 e. The molecule has 4 heteroatoms. The third-order valence-corrected chi connectivity index (χ3v) is 2.93. The summed E-state index contributed by atoms with van der Waals surface area (Å²) >= 11 is 0. The molecular formula is C14H26N4. The highest BCUT2D eigenvalue weighted by Crippen LogP contribution is 2.10. The molecule has 1 rings (SSSR count). The summed E-state index contributed by atoms with van der Waals surface area (Å²) in [5.74, 6) is 0.991. The molecule has 0 saturated heterocycles. The molecule has 0 fully saturated rings. The van der Waals surface area contributed by atoms with Gasteiger partial charge in [0, 0.05) is 19.6 Å². The molecule has 0 unspecified atom stereocenters. The molecule has 18 heavy (non-hydrogen) atoms. The minimum Gasteiger partial charge on any atom is -0.355 e. The first kappa shape index (κ1) is 14.9. The van der Waals surface area contributed by atoms with Gasteiger partial charge in [-0.05, 0) is 38.4 Å². The maximum atomic E-state index is 4.32. The van der Waals surface area contributed by atoms with Gasteiger partial charge < -0.3 is 10.2 Å². The summed E-state index contributed by atoms with van der Waals surface area (Å²) in [7, 11) is 0. The number of nitrogens with zero attached hydrogens (tertiary/aromatic N) is 3. The Hall–Kier alpha value is -1.16. The molecule has 0 saturated carbocycles. The Morgan fingerprint density at radius 3 is 2.50 bits per heavy atom. The molecular weight excluding hydrogens is 224 g/mol. The second-order valence-corrected chi connectivity index (χ2v) is 4.49. The van der Waals surface area contributed by atoms with E-state index in [4.69, 9.17) is 0 Å². The lowest BCUT2D eigenvalue weighted by Gasteiger charge is -2.21. The number of hydrogen-bond acceptors (Lipinski definition) is 4. The minimum atomic E-state index is 0.808. The highest BCUT2D eigenvalue weighted by Gasteiger charge is 2.05. The fourth-order valence-corrected chi connectivity index (χ4v) is 1.79. The van der Waals surface area contributed by atoms with Gasteiger partial charge in [0.25, 0.3) is 0 Å². The van der Waals surface area contributed by atoms with E-state index in [0.717, 1.165) is 44.1 Å². The van der Waals surface area contributed by atoms with E-state index in [1.165, 1.54) is 12.8 Å². The van der Waals surface area contributed by atoms with Crippen LogP contribution in [0.2, 0.25) is 0 Å². The highest BCUT2D eigenvalue weighted by atomic mass is 15.3. The molecule has 4 nitrogen and oxygen atoms in total. The number of nitrogens with one attached hydrogen (secondary N) is 1. The first-order valence-electron chi connectivity index (χ1n) is 7.10. The van der Waals surface area contributed by atoms with Crippen molar-refractivity contribution >= 4 is 5.82 Å². The van der Waals surface area contributed by atoms with Gasteiger partial charge in [-0.1, -0.05) is 20.3 Å². The zero-order valence-electron chi connectivity index (χ0n) is 11.9. The van der Waals surface area contributed by atoms with Gasteiger partial charge in [0.05, 0.1) is 5.69 Å². The largest absolute Gasteiger partial charge is 0.355 e. The predicted molar refractivity (Wildman–Crippen MR) is 76.8 cm³/mol. The van der Waals surface area contributed by atoms with E-state index in [0.29, 0.717) is 0 Å². The van der Waals surface area contributed by atoms with E-state index in [9.17, 15) is 0 Å². The molecule has 1 N–H and O–H groups in total. The first-order valence-corrected chi connectivity index (χ1v) is 7.10. The zero-order valence-corrected chi connectivity index (χ0v) is 11.9. The lowest BCUT2D eigenvalue weighted by Crippen LogP contribution is -2.25. The summed E-state index contributed by atoms with van der Waals surface area (Å²) in [6, 6.07) is 4.15. The van der Waals surface area contributed by atoms with Crippen LogP contribution in [0.3, 0.4) is 0 Å². The fourth-order valence-electron chi connectivity index (χ4n) is 1.79. The lowest BCUT2D eigenvalue weighted by atomic mass is 10.3. The van der Waals surface area contributed by atoms with Crippen LogP contribution in [0.5, 0.6) is 0 Å². The summed E-state index contributed by atoms with van der Waals surface area (Å²) in [5, 5.41) is 11.9. The number of aromatic nitrogens is 2. The molecule has 102 valence electrons. The molecule has 0 aliphatic carbocycles. The van der Waals surface area contributed by atoms with Crippen LogP contribution in [-0.4, -0.2) is 29.8 Å². The Balaban J connectivity index is 2.51. The van der Waals surface area contributed by atoms with Crippen molar-refractivity contribution in [2.24, 2.45) is 0 Å². The number of anilines is 1. The van der Waals surface area contributed by atoms with E-state index in [1.807, 2.05) is 0 Å². The van der Waals surface area contributed by atoms with E-state index in [1.54, 1.807) is 0 Å². The van der Waals surface area contributed by atoms with Gasteiger partial charge in [0.1, 0.15) is 0 Å². The molecule has 0 radical (unpaired) electrons. The van der Waals surface area contributed by atoms with Crippen molar-refractivity contribution in [2.45, 2.75) is 46.6 Å². The summed E-state index contributed by atoms with van der Waals surface area (Å²) in [4.78, 5) is 2.28. The topological polar surface area (TPSA) is 41.0 Å². The van der Waals surface area contributed by atoms with Crippen LogP contribution in [0.25, 0.3) is 0 Å². The van der Waals surface area contributed by atoms with Crippen LogP contribution in [-0.2, 0) is 6.54 Å². The van der Waals surface area contributed by atoms with Gasteiger partial charge in [-0.2, -0.15) is 5.10 Å².